The molecule has 0 aliphatic heterocycles. The monoisotopic (exact) mass is 386 g/mol. The number of primary amides is 1. The van der Waals surface area contributed by atoms with Gasteiger partial charge in [0.2, 0.25) is 17.7 Å². The van der Waals surface area contributed by atoms with E-state index in [1.165, 1.54) is 0 Å². The van der Waals surface area contributed by atoms with Crippen LogP contribution in [0.3, 0.4) is 0 Å². The van der Waals surface area contributed by atoms with Gasteiger partial charge in [0.05, 0.1) is 0 Å². The summed E-state index contributed by atoms with van der Waals surface area (Å²) in [4.78, 5) is 37.1. The summed E-state index contributed by atoms with van der Waals surface area (Å²) in [6, 6.07) is 7.88. The van der Waals surface area contributed by atoms with Crippen LogP contribution in [-0.2, 0) is 20.8 Å². The minimum absolute atomic E-state index is 0.229. The lowest BCUT2D eigenvalue weighted by molar-refractivity contribution is -0.130. The summed E-state index contributed by atoms with van der Waals surface area (Å²) in [5.41, 5.74) is 12.6. The molecule has 1 aliphatic carbocycles. The molecular weight excluding hydrogens is 356 g/mol. The molecule has 0 heterocycles. The molecule has 1 aromatic rings. The average molecular weight is 386 g/mol. The number of benzene rings is 1. The lowest BCUT2D eigenvalue weighted by Crippen LogP contribution is -2.53. The molecule has 7 heteroatoms. The summed E-state index contributed by atoms with van der Waals surface area (Å²) in [5.74, 6) is -1.23. The van der Waals surface area contributed by atoms with E-state index >= 15 is 0 Å². The lowest BCUT2D eigenvalue weighted by atomic mass is 10.0. The third-order valence-corrected chi connectivity index (χ3v) is 4.84. The van der Waals surface area contributed by atoms with Crippen LogP contribution in [-0.4, -0.2) is 36.3 Å². The Balaban J connectivity index is 2.08. The van der Waals surface area contributed by atoms with Crippen LogP contribution in [0.4, 0.5) is 0 Å². The van der Waals surface area contributed by atoms with Crippen LogP contribution in [0.25, 0.3) is 0 Å². The van der Waals surface area contributed by atoms with Crippen molar-refractivity contribution in [3.63, 3.8) is 0 Å². The van der Waals surface area contributed by atoms with Crippen molar-refractivity contribution >= 4 is 17.7 Å². The van der Waals surface area contributed by atoms with Crippen molar-refractivity contribution in [1.82, 2.24) is 10.6 Å². The lowest BCUT2D eigenvalue weighted by Gasteiger charge is -2.22. The van der Waals surface area contributed by atoms with Gasteiger partial charge in [0.15, 0.2) is 0 Å². The molecule has 28 heavy (non-hydrogen) atoms. The number of allylic oxidation sites excluding steroid dienone is 1. The molecule has 152 valence electrons. The molecule has 0 saturated heterocycles. The Bertz CT molecular complexity index is 703. The highest BCUT2D eigenvalue weighted by Crippen LogP contribution is 2.18. The number of hydrogen-bond donors (Lipinski definition) is 4. The number of nitrogens with one attached hydrogen (secondary N) is 2. The second-order valence-electron chi connectivity index (χ2n) is 7.09. The van der Waals surface area contributed by atoms with E-state index in [0.29, 0.717) is 37.8 Å². The number of hydrogen-bond acceptors (Lipinski definition) is 4. The molecule has 0 saturated carbocycles. The Morgan fingerprint density at radius 3 is 2.39 bits per heavy atom. The number of unbranched alkanes of at least 4 members (excludes halogenated alkanes) is 1. The zero-order valence-electron chi connectivity index (χ0n) is 16.2. The Morgan fingerprint density at radius 2 is 1.79 bits per heavy atom. The Morgan fingerprint density at radius 1 is 1.04 bits per heavy atom. The SMILES string of the molecule is NCCCC[C@H](NC(=O)[C@H](Cc1ccccc1)NC(=O)C1=CCCC1)C(N)=O. The molecule has 0 unspecified atom stereocenters. The third kappa shape index (κ3) is 6.81. The van der Waals surface area contributed by atoms with Gasteiger partial charge < -0.3 is 22.1 Å². The van der Waals surface area contributed by atoms with E-state index in [0.717, 1.165) is 24.8 Å². The van der Waals surface area contributed by atoms with Gasteiger partial charge in [-0.3, -0.25) is 14.4 Å². The van der Waals surface area contributed by atoms with E-state index in [-0.39, 0.29) is 5.91 Å². The van der Waals surface area contributed by atoms with Gasteiger partial charge in [-0.05, 0) is 50.6 Å². The number of carbonyl (C=O) groups excluding carboxylic acids is 3. The highest BCUT2D eigenvalue weighted by atomic mass is 16.2. The van der Waals surface area contributed by atoms with Crippen molar-refractivity contribution in [3.8, 4) is 0 Å². The molecule has 6 N–H and O–H groups in total. The van der Waals surface area contributed by atoms with Gasteiger partial charge in [0, 0.05) is 12.0 Å². The van der Waals surface area contributed by atoms with Crippen molar-refractivity contribution in [2.24, 2.45) is 11.5 Å². The minimum Gasteiger partial charge on any atom is -0.368 e. The smallest absolute Gasteiger partial charge is 0.247 e. The predicted octanol–water partition coefficient (Wildman–Crippen LogP) is 0.923. The molecule has 2 atom stereocenters. The zero-order chi connectivity index (χ0) is 20.4. The van der Waals surface area contributed by atoms with Crippen molar-refractivity contribution in [2.45, 2.75) is 57.0 Å². The van der Waals surface area contributed by atoms with Gasteiger partial charge in [-0.25, -0.2) is 0 Å². The number of amides is 3. The Labute approximate surface area is 165 Å². The molecule has 0 radical (unpaired) electrons. The normalized spacial score (nSPS) is 15.4. The highest BCUT2D eigenvalue weighted by Gasteiger charge is 2.27. The summed E-state index contributed by atoms with van der Waals surface area (Å²) in [5, 5.41) is 5.53. The summed E-state index contributed by atoms with van der Waals surface area (Å²) in [7, 11) is 0. The fourth-order valence-corrected chi connectivity index (χ4v) is 3.24. The second-order valence-corrected chi connectivity index (χ2v) is 7.09. The largest absolute Gasteiger partial charge is 0.368 e. The fraction of sp³-hybridized carbons (Fsp3) is 0.476. The first-order valence-corrected chi connectivity index (χ1v) is 9.85. The molecule has 0 fully saturated rings. The standard InChI is InChI=1S/C21H30N4O3/c22-13-7-6-12-17(19(23)26)24-21(28)18(14-15-8-2-1-3-9-15)25-20(27)16-10-4-5-11-16/h1-3,8-10,17-18H,4-7,11-14,22H2,(H2,23,26)(H,24,28)(H,25,27)/t17-,18-/m0/s1. The number of carbonyl (C=O) groups is 3. The van der Waals surface area contributed by atoms with E-state index in [9.17, 15) is 14.4 Å². The van der Waals surface area contributed by atoms with E-state index in [2.05, 4.69) is 10.6 Å². The van der Waals surface area contributed by atoms with E-state index in [1.807, 2.05) is 36.4 Å². The predicted molar refractivity (Wildman–Crippen MR) is 108 cm³/mol. The molecule has 0 spiro atoms. The van der Waals surface area contributed by atoms with Crippen molar-refractivity contribution < 1.29 is 14.4 Å². The fourth-order valence-electron chi connectivity index (χ4n) is 3.24. The van der Waals surface area contributed by atoms with Gasteiger partial charge in [-0.2, -0.15) is 0 Å². The number of rotatable bonds is 11. The first-order valence-electron chi connectivity index (χ1n) is 9.85. The van der Waals surface area contributed by atoms with Gasteiger partial charge >= 0.3 is 0 Å². The topological polar surface area (TPSA) is 127 Å². The van der Waals surface area contributed by atoms with Gasteiger partial charge in [-0.15, -0.1) is 0 Å². The molecule has 7 nitrogen and oxygen atoms in total. The molecule has 1 aromatic carbocycles. The quantitative estimate of drug-likeness (QED) is 0.422. The molecule has 0 bridgehead atoms. The van der Waals surface area contributed by atoms with Crippen molar-refractivity contribution in [3.05, 3.63) is 47.5 Å². The first-order chi connectivity index (χ1) is 13.5. The van der Waals surface area contributed by atoms with Crippen LogP contribution in [0.2, 0.25) is 0 Å². The average Bonchev–Trinajstić information content (AvgIpc) is 3.22. The summed E-state index contributed by atoms with van der Waals surface area (Å²) >= 11 is 0. The number of nitrogens with two attached hydrogens (primary N) is 2. The molecule has 1 aliphatic rings. The Kier molecular flexibility index (Phi) is 8.68. The van der Waals surface area contributed by atoms with Gasteiger partial charge in [0.1, 0.15) is 12.1 Å². The van der Waals surface area contributed by atoms with Crippen LogP contribution < -0.4 is 22.1 Å². The van der Waals surface area contributed by atoms with Crippen LogP contribution in [0.5, 0.6) is 0 Å². The minimum atomic E-state index is -0.784. The zero-order valence-corrected chi connectivity index (χ0v) is 16.2. The molecular formula is C21H30N4O3. The molecule has 2 rings (SSSR count). The highest BCUT2D eigenvalue weighted by molar-refractivity contribution is 5.98. The Hall–Kier alpha value is -2.67. The summed E-state index contributed by atoms with van der Waals surface area (Å²) < 4.78 is 0. The maximum Gasteiger partial charge on any atom is 0.247 e. The molecule has 0 aromatic heterocycles. The van der Waals surface area contributed by atoms with Crippen LogP contribution >= 0.6 is 0 Å². The molecule has 3 amide bonds. The second kappa shape index (κ2) is 11.2. The van der Waals surface area contributed by atoms with Crippen LogP contribution in [0.1, 0.15) is 44.1 Å². The summed E-state index contributed by atoms with van der Waals surface area (Å²) in [6.07, 6.45) is 6.65. The van der Waals surface area contributed by atoms with E-state index < -0.39 is 23.9 Å². The van der Waals surface area contributed by atoms with Gasteiger partial charge in [-0.1, -0.05) is 36.4 Å². The third-order valence-electron chi connectivity index (χ3n) is 4.84. The first kappa shape index (κ1) is 21.6. The maximum atomic E-state index is 12.9. The van der Waals surface area contributed by atoms with E-state index in [1.54, 1.807) is 0 Å². The van der Waals surface area contributed by atoms with Crippen LogP contribution in [0.15, 0.2) is 42.0 Å². The maximum absolute atomic E-state index is 12.9. The van der Waals surface area contributed by atoms with Crippen molar-refractivity contribution in [2.75, 3.05) is 6.54 Å². The summed E-state index contributed by atoms with van der Waals surface area (Å²) in [6.45, 7) is 0.515. The van der Waals surface area contributed by atoms with E-state index in [4.69, 9.17) is 11.5 Å². The van der Waals surface area contributed by atoms with Crippen molar-refractivity contribution in [1.29, 1.82) is 0 Å². The van der Waals surface area contributed by atoms with Gasteiger partial charge in [0.25, 0.3) is 0 Å². The van der Waals surface area contributed by atoms with Crippen LogP contribution in [0, 0.1) is 0 Å².